The molecule has 18 heavy (non-hydrogen) atoms. The molecule has 0 spiro atoms. The molecule has 0 fully saturated rings. The van der Waals surface area contributed by atoms with E-state index in [2.05, 4.69) is 0 Å². The molecule has 2 N–H and O–H groups in total. The Kier molecular flexibility index (Phi) is 3.93. The molecule has 0 aliphatic heterocycles. The van der Waals surface area contributed by atoms with Gasteiger partial charge in [0.2, 0.25) is 0 Å². The van der Waals surface area contributed by atoms with Gasteiger partial charge in [0, 0.05) is 27.9 Å². The fraction of sp³-hybridized carbons (Fsp3) is 0.231. The maximum Gasteiger partial charge on any atom is 0.165 e. The van der Waals surface area contributed by atoms with Crippen molar-refractivity contribution in [2.45, 2.75) is 20.1 Å². The van der Waals surface area contributed by atoms with E-state index in [4.69, 9.17) is 10.5 Å². The molecule has 0 aliphatic carbocycles. The second-order valence-corrected chi connectivity index (χ2v) is 5.20. The van der Waals surface area contributed by atoms with Crippen molar-refractivity contribution in [3.63, 3.8) is 0 Å². The highest BCUT2D eigenvalue weighted by Crippen LogP contribution is 2.24. The molecule has 5 heteroatoms. The lowest BCUT2D eigenvalue weighted by Gasteiger charge is -2.06. The first-order chi connectivity index (χ1) is 8.60. The summed E-state index contributed by atoms with van der Waals surface area (Å²) in [6.07, 6.45) is 0. The van der Waals surface area contributed by atoms with Crippen molar-refractivity contribution in [2.24, 2.45) is 5.73 Å². The normalized spacial score (nSPS) is 10.7. The van der Waals surface area contributed by atoms with Gasteiger partial charge in [-0.3, -0.25) is 0 Å². The Labute approximate surface area is 108 Å². The number of hydrogen-bond acceptors (Lipinski definition) is 3. The maximum absolute atomic E-state index is 13.3. The lowest BCUT2D eigenvalue weighted by atomic mass is 10.2. The van der Waals surface area contributed by atoms with Crippen molar-refractivity contribution in [2.75, 3.05) is 0 Å². The first kappa shape index (κ1) is 13.0. The molecule has 96 valence electrons. The Bertz CT molecular complexity index is 554. The van der Waals surface area contributed by atoms with E-state index in [-0.39, 0.29) is 12.4 Å². The number of halogens is 2. The predicted molar refractivity (Wildman–Crippen MR) is 67.6 cm³/mol. The molecule has 0 saturated heterocycles. The maximum atomic E-state index is 13.3. The van der Waals surface area contributed by atoms with Crippen LogP contribution in [0.1, 0.15) is 15.3 Å². The summed E-state index contributed by atoms with van der Waals surface area (Å²) in [7, 11) is 0. The molecule has 1 aromatic heterocycles. The highest BCUT2D eigenvalue weighted by Gasteiger charge is 2.08. The SMILES string of the molecule is Cc1sc(CN)cc1COc1cc(F)ccc1F. The number of nitrogens with two attached hydrogens (primary N) is 1. The summed E-state index contributed by atoms with van der Waals surface area (Å²) in [6.45, 7) is 2.63. The Morgan fingerprint density at radius 2 is 2.06 bits per heavy atom. The Hall–Kier alpha value is -1.46. The van der Waals surface area contributed by atoms with Crippen molar-refractivity contribution in [3.05, 3.63) is 51.2 Å². The summed E-state index contributed by atoms with van der Waals surface area (Å²) in [5.74, 6) is -1.16. The molecule has 2 nitrogen and oxygen atoms in total. The minimum atomic E-state index is -0.566. The first-order valence-corrected chi connectivity index (χ1v) is 6.28. The van der Waals surface area contributed by atoms with Crippen LogP contribution in [0.15, 0.2) is 24.3 Å². The third kappa shape index (κ3) is 2.86. The third-order valence-electron chi connectivity index (χ3n) is 2.55. The van der Waals surface area contributed by atoms with Gasteiger partial charge >= 0.3 is 0 Å². The molecule has 2 rings (SSSR count). The van der Waals surface area contributed by atoms with Crippen molar-refractivity contribution in [1.82, 2.24) is 0 Å². The largest absolute Gasteiger partial charge is 0.486 e. The van der Waals surface area contributed by atoms with Crippen LogP contribution >= 0.6 is 11.3 Å². The van der Waals surface area contributed by atoms with E-state index in [1.54, 1.807) is 11.3 Å². The summed E-state index contributed by atoms with van der Waals surface area (Å²) in [4.78, 5) is 2.12. The number of rotatable bonds is 4. The quantitative estimate of drug-likeness (QED) is 0.923. The van der Waals surface area contributed by atoms with Crippen LogP contribution in [0.5, 0.6) is 5.75 Å². The van der Waals surface area contributed by atoms with Gasteiger partial charge in [0.05, 0.1) is 0 Å². The van der Waals surface area contributed by atoms with E-state index < -0.39 is 11.6 Å². The van der Waals surface area contributed by atoms with Crippen LogP contribution < -0.4 is 10.5 Å². The van der Waals surface area contributed by atoms with E-state index in [0.29, 0.717) is 6.54 Å². The van der Waals surface area contributed by atoms with Crippen LogP contribution in [0.3, 0.4) is 0 Å². The highest BCUT2D eigenvalue weighted by molar-refractivity contribution is 7.12. The number of thiophene rings is 1. The molecule has 1 aromatic carbocycles. The molecule has 1 heterocycles. The Morgan fingerprint density at radius 3 is 2.72 bits per heavy atom. The number of benzene rings is 1. The summed E-state index contributed by atoms with van der Waals surface area (Å²) in [5.41, 5.74) is 6.49. The Balaban J connectivity index is 2.11. The zero-order valence-corrected chi connectivity index (χ0v) is 10.7. The molecule has 0 atom stereocenters. The standard InChI is InChI=1S/C13H13F2NOS/c1-8-9(4-11(6-16)18-8)7-17-13-5-10(14)2-3-12(13)15/h2-5H,6-7,16H2,1H3. The fourth-order valence-electron chi connectivity index (χ4n) is 1.57. The van der Waals surface area contributed by atoms with Gasteiger partial charge in [0.25, 0.3) is 0 Å². The van der Waals surface area contributed by atoms with Gasteiger partial charge < -0.3 is 10.5 Å². The van der Waals surface area contributed by atoms with Crippen molar-refractivity contribution >= 4 is 11.3 Å². The van der Waals surface area contributed by atoms with E-state index in [0.717, 1.165) is 33.5 Å². The molecule has 2 aromatic rings. The van der Waals surface area contributed by atoms with E-state index in [9.17, 15) is 8.78 Å². The Morgan fingerprint density at radius 1 is 1.28 bits per heavy atom. The van der Waals surface area contributed by atoms with Gasteiger partial charge in [0.1, 0.15) is 12.4 Å². The second-order valence-electron chi connectivity index (χ2n) is 3.86. The molecule has 0 amide bonds. The van der Waals surface area contributed by atoms with Gasteiger partial charge in [-0.25, -0.2) is 8.78 Å². The van der Waals surface area contributed by atoms with E-state index in [1.165, 1.54) is 0 Å². The van der Waals surface area contributed by atoms with Crippen molar-refractivity contribution < 1.29 is 13.5 Å². The van der Waals surface area contributed by atoms with Gasteiger partial charge in [-0.1, -0.05) is 0 Å². The van der Waals surface area contributed by atoms with E-state index in [1.807, 2.05) is 13.0 Å². The summed E-state index contributed by atoms with van der Waals surface area (Å²) >= 11 is 1.58. The molecule has 0 unspecified atom stereocenters. The minimum absolute atomic E-state index is 0.0742. The van der Waals surface area contributed by atoms with Gasteiger partial charge in [-0.05, 0) is 25.1 Å². The van der Waals surface area contributed by atoms with Gasteiger partial charge in [-0.15, -0.1) is 11.3 Å². The van der Waals surface area contributed by atoms with Crippen LogP contribution in [0, 0.1) is 18.6 Å². The zero-order chi connectivity index (χ0) is 13.1. The van der Waals surface area contributed by atoms with Crippen LogP contribution in [-0.2, 0) is 13.2 Å². The van der Waals surface area contributed by atoms with Gasteiger partial charge in [-0.2, -0.15) is 0 Å². The molecule has 0 radical (unpaired) electrons. The summed E-state index contributed by atoms with van der Waals surface area (Å²) in [5, 5.41) is 0. The number of aryl methyl sites for hydroxylation is 1. The van der Waals surface area contributed by atoms with Crippen LogP contribution in [0.2, 0.25) is 0 Å². The average molecular weight is 269 g/mol. The number of ether oxygens (including phenoxy) is 1. The smallest absolute Gasteiger partial charge is 0.165 e. The molecular weight excluding hydrogens is 256 g/mol. The number of hydrogen-bond donors (Lipinski definition) is 1. The van der Waals surface area contributed by atoms with Gasteiger partial charge in [0.15, 0.2) is 11.6 Å². The lowest BCUT2D eigenvalue weighted by Crippen LogP contribution is -1.98. The predicted octanol–water partition coefficient (Wildman–Crippen LogP) is 3.37. The third-order valence-corrected chi connectivity index (χ3v) is 3.66. The van der Waals surface area contributed by atoms with Crippen LogP contribution in [0.25, 0.3) is 0 Å². The van der Waals surface area contributed by atoms with Crippen molar-refractivity contribution in [3.8, 4) is 5.75 Å². The van der Waals surface area contributed by atoms with Crippen LogP contribution in [0.4, 0.5) is 8.78 Å². The summed E-state index contributed by atoms with van der Waals surface area (Å²) in [6, 6.07) is 5.08. The zero-order valence-electron chi connectivity index (χ0n) is 9.87. The summed E-state index contributed by atoms with van der Waals surface area (Å²) < 4.78 is 31.6. The lowest BCUT2D eigenvalue weighted by molar-refractivity contribution is 0.288. The monoisotopic (exact) mass is 269 g/mol. The van der Waals surface area contributed by atoms with E-state index >= 15 is 0 Å². The second kappa shape index (κ2) is 5.46. The molecular formula is C13H13F2NOS. The van der Waals surface area contributed by atoms with Crippen molar-refractivity contribution in [1.29, 1.82) is 0 Å². The first-order valence-electron chi connectivity index (χ1n) is 5.46. The highest BCUT2D eigenvalue weighted by atomic mass is 32.1. The topological polar surface area (TPSA) is 35.2 Å². The molecule has 0 aliphatic rings. The van der Waals surface area contributed by atoms with Crippen LogP contribution in [-0.4, -0.2) is 0 Å². The molecule has 0 saturated carbocycles. The average Bonchev–Trinajstić information content (AvgIpc) is 2.71. The minimum Gasteiger partial charge on any atom is -0.486 e. The fourth-order valence-corrected chi connectivity index (χ4v) is 2.50. The molecule has 0 bridgehead atoms.